The van der Waals surface area contributed by atoms with E-state index in [-0.39, 0.29) is 6.04 Å². The molecule has 2 atom stereocenters. The van der Waals surface area contributed by atoms with Crippen LogP contribution in [0.4, 0.5) is 0 Å². The standard InChI is InChI=1S/C16H15ClN2O2/c1-21-13-4-2-3-11(9-13)15-16(20)14(18-19-15)10-5-7-12(17)8-6-10/h2-9,14,16,18,20H,1H3. The maximum absolute atomic E-state index is 10.5. The van der Waals surface area contributed by atoms with Gasteiger partial charge in [-0.2, -0.15) is 5.10 Å². The molecule has 2 aromatic rings. The van der Waals surface area contributed by atoms with Gasteiger partial charge in [0.2, 0.25) is 0 Å². The van der Waals surface area contributed by atoms with E-state index < -0.39 is 6.10 Å². The van der Waals surface area contributed by atoms with Gasteiger partial charge in [0, 0.05) is 10.6 Å². The van der Waals surface area contributed by atoms with Crippen molar-refractivity contribution in [3.63, 3.8) is 0 Å². The average molecular weight is 303 g/mol. The zero-order chi connectivity index (χ0) is 14.8. The summed E-state index contributed by atoms with van der Waals surface area (Å²) < 4.78 is 5.20. The summed E-state index contributed by atoms with van der Waals surface area (Å²) in [7, 11) is 1.61. The Morgan fingerprint density at radius 3 is 2.67 bits per heavy atom. The van der Waals surface area contributed by atoms with E-state index in [1.54, 1.807) is 19.2 Å². The summed E-state index contributed by atoms with van der Waals surface area (Å²) in [5.74, 6) is 0.734. The second-order valence-corrected chi connectivity index (χ2v) is 5.27. The minimum atomic E-state index is -0.724. The Kier molecular flexibility index (Phi) is 3.82. The quantitative estimate of drug-likeness (QED) is 0.916. The van der Waals surface area contributed by atoms with Crippen molar-refractivity contribution in [2.75, 3.05) is 7.11 Å². The van der Waals surface area contributed by atoms with Gasteiger partial charge < -0.3 is 9.84 Å². The average Bonchev–Trinajstić information content (AvgIpc) is 2.90. The Bertz CT molecular complexity index is 670. The Labute approximate surface area is 128 Å². The summed E-state index contributed by atoms with van der Waals surface area (Å²) in [5, 5.41) is 15.5. The smallest absolute Gasteiger partial charge is 0.124 e. The highest BCUT2D eigenvalue weighted by Crippen LogP contribution is 2.27. The molecule has 1 heterocycles. The van der Waals surface area contributed by atoms with Crippen LogP contribution < -0.4 is 10.2 Å². The predicted molar refractivity (Wildman–Crippen MR) is 82.9 cm³/mol. The molecule has 21 heavy (non-hydrogen) atoms. The number of hydrogen-bond donors (Lipinski definition) is 2. The van der Waals surface area contributed by atoms with Crippen molar-refractivity contribution in [3.05, 3.63) is 64.7 Å². The number of aliphatic hydroxyl groups is 1. The van der Waals surface area contributed by atoms with Crippen LogP contribution >= 0.6 is 11.6 Å². The highest BCUT2D eigenvalue weighted by molar-refractivity contribution is 6.30. The van der Waals surface area contributed by atoms with Gasteiger partial charge in [-0.3, -0.25) is 5.43 Å². The number of benzene rings is 2. The van der Waals surface area contributed by atoms with Crippen molar-refractivity contribution in [1.29, 1.82) is 0 Å². The number of nitrogens with one attached hydrogen (secondary N) is 1. The van der Waals surface area contributed by atoms with E-state index in [4.69, 9.17) is 16.3 Å². The van der Waals surface area contributed by atoms with E-state index in [2.05, 4.69) is 10.5 Å². The number of halogens is 1. The number of hydrogen-bond acceptors (Lipinski definition) is 4. The fourth-order valence-corrected chi connectivity index (χ4v) is 2.50. The van der Waals surface area contributed by atoms with E-state index in [1.807, 2.05) is 36.4 Å². The van der Waals surface area contributed by atoms with Crippen LogP contribution in [0.1, 0.15) is 17.2 Å². The summed E-state index contributed by atoms with van der Waals surface area (Å²) in [5.41, 5.74) is 5.36. The molecule has 0 radical (unpaired) electrons. The number of rotatable bonds is 3. The molecule has 0 bridgehead atoms. The van der Waals surface area contributed by atoms with E-state index in [9.17, 15) is 5.11 Å². The maximum atomic E-state index is 10.5. The van der Waals surface area contributed by atoms with Crippen molar-refractivity contribution < 1.29 is 9.84 Å². The molecule has 1 aliphatic rings. The molecule has 4 nitrogen and oxygen atoms in total. The molecule has 0 aliphatic carbocycles. The first-order valence-electron chi connectivity index (χ1n) is 6.60. The number of methoxy groups -OCH3 is 1. The van der Waals surface area contributed by atoms with Gasteiger partial charge in [0.25, 0.3) is 0 Å². The zero-order valence-corrected chi connectivity index (χ0v) is 12.2. The Hall–Kier alpha value is -2.04. The second-order valence-electron chi connectivity index (χ2n) is 4.83. The predicted octanol–water partition coefficient (Wildman–Crippen LogP) is 2.76. The van der Waals surface area contributed by atoms with E-state index in [1.165, 1.54) is 0 Å². The Morgan fingerprint density at radius 1 is 1.19 bits per heavy atom. The van der Waals surface area contributed by atoms with Gasteiger partial charge in [-0.25, -0.2) is 0 Å². The van der Waals surface area contributed by atoms with Crippen LogP contribution in [-0.2, 0) is 0 Å². The lowest BCUT2D eigenvalue weighted by Crippen LogP contribution is -2.27. The van der Waals surface area contributed by atoms with Gasteiger partial charge in [-0.1, -0.05) is 35.9 Å². The topological polar surface area (TPSA) is 53.8 Å². The first-order chi connectivity index (χ1) is 10.2. The summed E-state index contributed by atoms with van der Waals surface area (Å²) in [6, 6.07) is 14.6. The van der Waals surface area contributed by atoms with Gasteiger partial charge in [-0.15, -0.1) is 0 Å². The van der Waals surface area contributed by atoms with Crippen LogP contribution in [-0.4, -0.2) is 24.0 Å². The van der Waals surface area contributed by atoms with Gasteiger partial charge in [0.05, 0.1) is 12.8 Å². The zero-order valence-electron chi connectivity index (χ0n) is 11.5. The lowest BCUT2D eigenvalue weighted by Gasteiger charge is -2.16. The lowest BCUT2D eigenvalue weighted by atomic mass is 9.96. The van der Waals surface area contributed by atoms with Crippen LogP contribution in [0.2, 0.25) is 5.02 Å². The molecular formula is C16H15ClN2O2. The molecule has 0 spiro atoms. The van der Waals surface area contributed by atoms with Crippen molar-refractivity contribution in [3.8, 4) is 5.75 Å². The largest absolute Gasteiger partial charge is 0.497 e. The monoisotopic (exact) mass is 302 g/mol. The molecule has 3 rings (SSSR count). The van der Waals surface area contributed by atoms with E-state index in [0.29, 0.717) is 10.7 Å². The number of aliphatic hydroxyl groups excluding tert-OH is 1. The normalized spacial score (nSPS) is 20.8. The van der Waals surface area contributed by atoms with Gasteiger partial charge >= 0.3 is 0 Å². The molecule has 2 aromatic carbocycles. The molecule has 2 unspecified atom stereocenters. The van der Waals surface area contributed by atoms with Crippen LogP contribution in [0.15, 0.2) is 53.6 Å². The highest BCUT2D eigenvalue weighted by atomic mass is 35.5. The third kappa shape index (κ3) is 2.73. The second kappa shape index (κ2) is 5.76. The van der Waals surface area contributed by atoms with Crippen LogP contribution in [0.3, 0.4) is 0 Å². The van der Waals surface area contributed by atoms with Crippen LogP contribution in [0.25, 0.3) is 0 Å². The van der Waals surface area contributed by atoms with E-state index >= 15 is 0 Å². The third-order valence-electron chi connectivity index (χ3n) is 3.51. The summed E-state index contributed by atoms with van der Waals surface area (Å²) in [6.07, 6.45) is -0.724. The fourth-order valence-electron chi connectivity index (χ4n) is 2.38. The van der Waals surface area contributed by atoms with Crippen LogP contribution in [0, 0.1) is 0 Å². The molecule has 0 saturated carbocycles. The van der Waals surface area contributed by atoms with Gasteiger partial charge in [0.15, 0.2) is 0 Å². The van der Waals surface area contributed by atoms with Crippen molar-refractivity contribution in [2.24, 2.45) is 5.10 Å². The maximum Gasteiger partial charge on any atom is 0.124 e. The molecule has 1 aliphatic heterocycles. The molecule has 2 N–H and O–H groups in total. The lowest BCUT2D eigenvalue weighted by molar-refractivity contribution is 0.207. The van der Waals surface area contributed by atoms with Crippen molar-refractivity contribution in [1.82, 2.24) is 5.43 Å². The summed E-state index contributed by atoms with van der Waals surface area (Å²) in [4.78, 5) is 0. The molecule has 0 aromatic heterocycles. The SMILES string of the molecule is COc1cccc(C2=NNC(c3ccc(Cl)cc3)C2O)c1. The molecule has 0 fully saturated rings. The molecular weight excluding hydrogens is 288 g/mol. The Balaban J connectivity index is 1.85. The van der Waals surface area contributed by atoms with Crippen LogP contribution in [0.5, 0.6) is 5.75 Å². The van der Waals surface area contributed by atoms with E-state index in [0.717, 1.165) is 16.9 Å². The fraction of sp³-hybridized carbons (Fsp3) is 0.188. The Morgan fingerprint density at radius 2 is 1.95 bits per heavy atom. The third-order valence-corrected chi connectivity index (χ3v) is 3.77. The highest BCUT2D eigenvalue weighted by Gasteiger charge is 2.31. The molecule has 0 saturated heterocycles. The van der Waals surface area contributed by atoms with Crippen molar-refractivity contribution >= 4 is 17.3 Å². The molecule has 0 amide bonds. The number of hydrazone groups is 1. The van der Waals surface area contributed by atoms with Gasteiger partial charge in [-0.05, 0) is 29.8 Å². The number of ether oxygens (including phenoxy) is 1. The van der Waals surface area contributed by atoms with Crippen molar-refractivity contribution in [2.45, 2.75) is 12.1 Å². The summed E-state index contributed by atoms with van der Waals surface area (Å²) in [6.45, 7) is 0. The molecule has 5 heteroatoms. The minimum absolute atomic E-state index is 0.275. The first-order valence-corrected chi connectivity index (χ1v) is 6.98. The molecule has 108 valence electrons. The summed E-state index contributed by atoms with van der Waals surface area (Å²) >= 11 is 5.89. The van der Waals surface area contributed by atoms with Gasteiger partial charge in [0.1, 0.15) is 17.9 Å². The number of nitrogens with zero attached hydrogens (tertiary/aromatic N) is 1. The first kappa shape index (κ1) is 13.9. The minimum Gasteiger partial charge on any atom is -0.497 e.